The van der Waals surface area contributed by atoms with Crippen molar-refractivity contribution in [2.45, 2.75) is 51.8 Å². The number of likely N-dealkylation sites (tertiary alicyclic amines) is 1. The third-order valence-corrected chi connectivity index (χ3v) is 9.02. The van der Waals surface area contributed by atoms with Gasteiger partial charge in [-0.05, 0) is 37.9 Å². The predicted molar refractivity (Wildman–Crippen MR) is 152 cm³/mol. The van der Waals surface area contributed by atoms with E-state index < -0.39 is 12.1 Å². The number of hydrogen-bond donors (Lipinski definition) is 1. The molecule has 1 aromatic carbocycles. The molecule has 4 atom stereocenters. The number of ketones is 1. The van der Waals surface area contributed by atoms with Crippen LogP contribution in [0.25, 0.3) is 11.3 Å². The van der Waals surface area contributed by atoms with E-state index in [4.69, 9.17) is 9.72 Å². The van der Waals surface area contributed by atoms with Crippen LogP contribution in [-0.2, 0) is 14.3 Å². The van der Waals surface area contributed by atoms with Crippen molar-refractivity contribution >= 4 is 34.1 Å². The summed E-state index contributed by atoms with van der Waals surface area (Å²) in [6, 6.07) is 6.13. The Morgan fingerprint density at radius 2 is 1.87 bits per heavy atom. The summed E-state index contributed by atoms with van der Waals surface area (Å²) < 4.78 is 5.73. The van der Waals surface area contributed by atoms with Crippen LogP contribution in [0.2, 0.25) is 0 Å². The van der Waals surface area contributed by atoms with Crippen molar-refractivity contribution in [2.75, 3.05) is 51.3 Å². The van der Waals surface area contributed by atoms with Gasteiger partial charge < -0.3 is 24.8 Å². The second-order valence-corrected chi connectivity index (χ2v) is 12.2. The van der Waals surface area contributed by atoms with Crippen LogP contribution in [0, 0.1) is 11.8 Å². The zero-order valence-electron chi connectivity index (χ0n) is 23.3. The number of amides is 2. The fourth-order valence-electron chi connectivity index (χ4n) is 5.81. The quantitative estimate of drug-likeness (QED) is 0.537. The highest BCUT2D eigenvalue weighted by Crippen LogP contribution is 2.34. The van der Waals surface area contributed by atoms with Crippen LogP contribution in [0.3, 0.4) is 0 Å². The van der Waals surface area contributed by atoms with E-state index in [0.717, 1.165) is 49.0 Å². The number of ether oxygens (including phenoxy) is 1. The summed E-state index contributed by atoms with van der Waals surface area (Å²) in [5.41, 5.74) is 2.33. The maximum atomic E-state index is 13.7. The van der Waals surface area contributed by atoms with E-state index in [0.29, 0.717) is 18.5 Å². The van der Waals surface area contributed by atoms with Gasteiger partial charge in [-0.25, -0.2) is 4.98 Å². The van der Waals surface area contributed by atoms with Crippen LogP contribution in [0.5, 0.6) is 0 Å². The summed E-state index contributed by atoms with van der Waals surface area (Å²) in [6.07, 6.45) is 1.09. The largest absolute Gasteiger partial charge is 0.367 e. The number of carbonyl (C=O) groups is 3. The number of hydrogen-bond acceptors (Lipinski definition) is 8. The Bertz CT molecular complexity index is 1190. The molecule has 3 saturated heterocycles. The SMILES string of the molecule is CC[C@@H]1CN(C(=O)C(CC(C)C)NC(=O)c2ccc(-c3csc(N4CCN(C)CC4)n3)cc2)[C@@H]2C(=O)CO[C@H]12. The lowest BCUT2D eigenvalue weighted by molar-refractivity contribution is -0.138. The van der Waals surface area contributed by atoms with Crippen LogP contribution < -0.4 is 10.2 Å². The average molecular weight is 554 g/mol. The Balaban J connectivity index is 1.26. The van der Waals surface area contributed by atoms with Crippen molar-refractivity contribution in [1.82, 2.24) is 20.1 Å². The Kier molecular flexibility index (Phi) is 8.35. The second-order valence-electron chi connectivity index (χ2n) is 11.4. The minimum atomic E-state index is -0.702. The number of anilines is 1. The molecule has 0 aliphatic carbocycles. The number of nitrogens with zero attached hydrogens (tertiary/aromatic N) is 4. The van der Waals surface area contributed by atoms with E-state index in [1.807, 2.05) is 26.0 Å². The van der Waals surface area contributed by atoms with Gasteiger partial charge >= 0.3 is 0 Å². The lowest BCUT2D eigenvalue weighted by Crippen LogP contribution is -2.52. The van der Waals surface area contributed by atoms with E-state index >= 15 is 0 Å². The van der Waals surface area contributed by atoms with Gasteiger partial charge in [0.2, 0.25) is 5.91 Å². The van der Waals surface area contributed by atoms with Gasteiger partial charge in [-0.2, -0.15) is 0 Å². The lowest BCUT2D eigenvalue weighted by atomic mass is 9.99. The minimum absolute atomic E-state index is 0.0488. The molecule has 9 nitrogen and oxygen atoms in total. The second kappa shape index (κ2) is 11.7. The molecule has 3 aliphatic rings. The molecule has 0 saturated carbocycles. The first-order chi connectivity index (χ1) is 18.7. The van der Waals surface area contributed by atoms with Crippen molar-refractivity contribution in [3.8, 4) is 11.3 Å². The van der Waals surface area contributed by atoms with E-state index in [1.54, 1.807) is 28.4 Å². The van der Waals surface area contributed by atoms with Crippen molar-refractivity contribution in [2.24, 2.45) is 11.8 Å². The van der Waals surface area contributed by atoms with Crippen molar-refractivity contribution in [3.63, 3.8) is 0 Å². The molecule has 39 heavy (non-hydrogen) atoms. The molecule has 210 valence electrons. The first kappa shape index (κ1) is 27.7. The number of benzene rings is 1. The normalized spacial score (nSPS) is 24.3. The summed E-state index contributed by atoms with van der Waals surface area (Å²) in [5.74, 6) is -0.217. The van der Waals surface area contributed by atoms with Gasteiger partial charge in [-0.3, -0.25) is 14.4 Å². The third-order valence-electron chi connectivity index (χ3n) is 8.12. The monoisotopic (exact) mass is 553 g/mol. The Labute approximate surface area is 234 Å². The zero-order chi connectivity index (χ0) is 27.7. The molecule has 4 heterocycles. The molecule has 10 heteroatoms. The highest BCUT2D eigenvalue weighted by atomic mass is 32.1. The molecule has 2 aromatic rings. The fraction of sp³-hybridized carbons (Fsp3) is 0.586. The number of fused-ring (bicyclic) bond motifs is 1. The molecule has 0 spiro atoms. The van der Waals surface area contributed by atoms with Gasteiger partial charge in [-0.15, -0.1) is 11.3 Å². The van der Waals surface area contributed by atoms with Gasteiger partial charge in [0.05, 0.1) is 11.8 Å². The van der Waals surface area contributed by atoms with Crippen molar-refractivity contribution in [3.05, 3.63) is 35.2 Å². The van der Waals surface area contributed by atoms with Crippen LogP contribution >= 0.6 is 11.3 Å². The maximum absolute atomic E-state index is 13.7. The molecule has 2 amide bonds. The standard InChI is InChI=1S/C29H39N5O4S/c1-5-19-15-34(25-24(35)16-38-26(19)25)28(37)22(14-18(2)3)30-27(36)21-8-6-20(7-9-21)23-17-39-29(31-23)33-12-10-32(4)11-13-33/h6-9,17-19,22,25-26H,5,10-16H2,1-4H3,(H,30,36)/t19-,22?,25-,26-/m1/s1. The zero-order valence-corrected chi connectivity index (χ0v) is 24.1. The number of aromatic nitrogens is 1. The third kappa shape index (κ3) is 5.88. The van der Waals surface area contributed by atoms with E-state index in [1.165, 1.54) is 0 Å². The molecular weight excluding hydrogens is 514 g/mol. The van der Waals surface area contributed by atoms with Crippen molar-refractivity contribution < 1.29 is 19.1 Å². The first-order valence-corrected chi connectivity index (χ1v) is 14.9. The molecular formula is C29H39N5O4S. The number of likely N-dealkylation sites (N-methyl/N-ethyl adjacent to an activating group) is 1. The molecule has 1 N–H and O–H groups in total. The van der Waals surface area contributed by atoms with Crippen molar-refractivity contribution in [1.29, 1.82) is 0 Å². The van der Waals surface area contributed by atoms with Crippen LogP contribution in [-0.4, -0.2) is 96.9 Å². The molecule has 0 bridgehead atoms. The number of rotatable bonds is 8. The molecule has 5 rings (SSSR count). The minimum Gasteiger partial charge on any atom is -0.367 e. The Hall–Kier alpha value is -2.82. The number of thiazole rings is 1. The Morgan fingerprint density at radius 1 is 1.15 bits per heavy atom. The topological polar surface area (TPSA) is 95.1 Å². The van der Waals surface area contributed by atoms with Crippen LogP contribution in [0.4, 0.5) is 5.13 Å². The van der Waals surface area contributed by atoms with E-state index in [9.17, 15) is 14.4 Å². The molecule has 3 aliphatic heterocycles. The summed E-state index contributed by atoms with van der Waals surface area (Å²) in [4.78, 5) is 50.6. The van der Waals surface area contributed by atoms with E-state index in [-0.39, 0.29) is 42.1 Å². The van der Waals surface area contributed by atoms with Crippen LogP contribution in [0.15, 0.2) is 29.6 Å². The number of piperazine rings is 1. The highest BCUT2D eigenvalue weighted by Gasteiger charge is 2.52. The smallest absolute Gasteiger partial charge is 0.251 e. The fourth-order valence-corrected chi connectivity index (χ4v) is 6.70. The maximum Gasteiger partial charge on any atom is 0.251 e. The summed E-state index contributed by atoms with van der Waals surface area (Å²) in [5, 5.41) is 6.05. The highest BCUT2D eigenvalue weighted by molar-refractivity contribution is 7.14. The lowest BCUT2D eigenvalue weighted by Gasteiger charge is -2.32. The van der Waals surface area contributed by atoms with Crippen LogP contribution in [0.1, 0.15) is 44.0 Å². The molecule has 1 aromatic heterocycles. The number of nitrogens with one attached hydrogen (secondary N) is 1. The summed E-state index contributed by atoms with van der Waals surface area (Å²) in [6.45, 7) is 10.6. The average Bonchev–Trinajstić information content (AvgIpc) is 3.65. The number of carbonyl (C=O) groups excluding carboxylic acids is 3. The molecule has 0 radical (unpaired) electrons. The first-order valence-electron chi connectivity index (χ1n) is 14.0. The Morgan fingerprint density at radius 3 is 2.54 bits per heavy atom. The summed E-state index contributed by atoms with van der Waals surface area (Å²) >= 11 is 1.64. The summed E-state index contributed by atoms with van der Waals surface area (Å²) in [7, 11) is 2.14. The predicted octanol–water partition coefficient (Wildman–Crippen LogP) is 2.91. The van der Waals surface area contributed by atoms with Gasteiger partial charge in [-0.1, -0.05) is 32.9 Å². The van der Waals surface area contributed by atoms with E-state index in [2.05, 4.69) is 34.5 Å². The van der Waals surface area contributed by atoms with Gasteiger partial charge in [0, 0.05) is 55.1 Å². The van der Waals surface area contributed by atoms with Gasteiger partial charge in [0.25, 0.3) is 5.91 Å². The number of Topliss-reactive ketones (excluding diaryl/α,β-unsaturated/α-hetero) is 1. The molecule has 1 unspecified atom stereocenters. The van der Waals surface area contributed by atoms with Gasteiger partial charge in [0.15, 0.2) is 10.9 Å². The van der Waals surface area contributed by atoms with Gasteiger partial charge in [0.1, 0.15) is 18.7 Å². The molecule has 3 fully saturated rings.